The van der Waals surface area contributed by atoms with E-state index in [1.165, 1.54) is 0 Å². The summed E-state index contributed by atoms with van der Waals surface area (Å²) in [6, 6.07) is 60.5. The van der Waals surface area contributed by atoms with Crippen LogP contribution in [0.2, 0.25) is 0 Å². The van der Waals surface area contributed by atoms with Gasteiger partial charge in [0.2, 0.25) is 0 Å². The summed E-state index contributed by atoms with van der Waals surface area (Å²) >= 11 is 0. The maximum Gasteiger partial charge on any atom is 0.191 e. The molecule has 0 spiro atoms. The van der Waals surface area contributed by atoms with Crippen molar-refractivity contribution in [3.8, 4) is 0 Å². The van der Waals surface area contributed by atoms with Crippen molar-refractivity contribution in [2.75, 3.05) is 0 Å². The molecular formula is C46H32O2. The fraction of sp³-hybridized carbons (Fsp3) is 0.0435. The van der Waals surface area contributed by atoms with Gasteiger partial charge in [0.05, 0.1) is 0 Å². The topological polar surface area (TPSA) is 34.1 Å². The molecule has 2 aliphatic rings. The van der Waals surface area contributed by atoms with Gasteiger partial charge in [-0.15, -0.1) is 0 Å². The highest BCUT2D eigenvalue weighted by molar-refractivity contribution is 6.46. The second kappa shape index (κ2) is 12.6. The number of benzene rings is 6. The number of hydrogen-bond donors (Lipinski definition) is 0. The molecule has 6 aromatic carbocycles. The molecule has 0 saturated carbocycles. The van der Waals surface area contributed by atoms with Gasteiger partial charge in [-0.25, -0.2) is 0 Å². The summed E-state index contributed by atoms with van der Waals surface area (Å²) in [6.45, 7) is 0. The zero-order chi connectivity index (χ0) is 32.5. The van der Waals surface area contributed by atoms with E-state index >= 15 is 9.59 Å². The molecule has 2 heteroatoms. The lowest BCUT2D eigenvalue weighted by Gasteiger charge is -2.23. The average molecular weight is 617 g/mol. The largest absolute Gasteiger partial charge is 0.289 e. The third kappa shape index (κ3) is 4.99. The molecule has 0 radical (unpaired) electrons. The van der Waals surface area contributed by atoms with E-state index in [1.54, 1.807) is 0 Å². The first-order valence-corrected chi connectivity index (χ1v) is 16.4. The quantitative estimate of drug-likeness (QED) is 0.175. The Balaban J connectivity index is 1.50. The van der Waals surface area contributed by atoms with Crippen molar-refractivity contribution in [1.29, 1.82) is 0 Å². The highest BCUT2D eigenvalue weighted by Gasteiger charge is 2.48. The van der Waals surface area contributed by atoms with E-state index in [0.29, 0.717) is 22.3 Å². The molecule has 2 atom stereocenters. The highest BCUT2D eigenvalue weighted by Crippen LogP contribution is 2.57. The predicted molar refractivity (Wildman–Crippen MR) is 195 cm³/mol. The molecule has 2 nitrogen and oxygen atoms in total. The Bertz CT molecular complexity index is 2050. The van der Waals surface area contributed by atoms with Gasteiger partial charge in [0.25, 0.3) is 0 Å². The Morgan fingerprint density at radius 3 is 0.812 bits per heavy atom. The van der Waals surface area contributed by atoms with Crippen LogP contribution in [0.15, 0.2) is 193 Å². The van der Waals surface area contributed by atoms with Crippen molar-refractivity contribution in [3.05, 3.63) is 227 Å². The van der Waals surface area contributed by atoms with Crippen LogP contribution in [0.25, 0.3) is 22.3 Å². The Hall–Kier alpha value is -6.12. The Kier molecular flexibility index (Phi) is 7.68. The lowest BCUT2D eigenvalue weighted by molar-refractivity contribution is -0.112. The number of carbonyl (C=O) groups excluding carboxylic acids is 2. The van der Waals surface area contributed by atoms with Crippen LogP contribution in [-0.2, 0) is 9.59 Å². The molecular weight excluding hydrogens is 585 g/mol. The van der Waals surface area contributed by atoms with E-state index in [-0.39, 0.29) is 11.6 Å². The molecule has 0 heterocycles. The molecule has 8 rings (SSSR count). The highest BCUT2D eigenvalue weighted by atomic mass is 16.1. The molecule has 0 aliphatic heterocycles. The Morgan fingerprint density at radius 1 is 0.271 bits per heavy atom. The summed E-state index contributed by atoms with van der Waals surface area (Å²) in [4.78, 5) is 30.8. The minimum atomic E-state index is -0.450. The van der Waals surface area contributed by atoms with Crippen LogP contribution >= 0.6 is 0 Å². The van der Waals surface area contributed by atoms with Gasteiger partial charge in [-0.05, 0) is 44.5 Å². The molecule has 0 unspecified atom stereocenters. The zero-order valence-corrected chi connectivity index (χ0v) is 26.3. The third-order valence-corrected chi connectivity index (χ3v) is 9.49. The smallest absolute Gasteiger partial charge is 0.191 e. The molecule has 6 aromatic rings. The molecule has 0 aromatic heterocycles. The first-order chi connectivity index (χ1) is 23.7. The van der Waals surface area contributed by atoms with Gasteiger partial charge in [0, 0.05) is 34.1 Å². The summed E-state index contributed by atoms with van der Waals surface area (Å²) in [7, 11) is 0. The van der Waals surface area contributed by atoms with Crippen molar-refractivity contribution < 1.29 is 9.59 Å². The van der Waals surface area contributed by atoms with Crippen LogP contribution in [0.3, 0.4) is 0 Å². The first kappa shape index (κ1) is 29.3. The minimum Gasteiger partial charge on any atom is -0.289 e. The summed E-state index contributed by atoms with van der Waals surface area (Å²) in [6.07, 6.45) is 0. The number of allylic oxidation sites excluding steroid dienone is 6. The fourth-order valence-electron chi connectivity index (χ4n) is 7.51. The van der Waals surface area contributed by atoms with E-state index in [1.807, 2.05) is 133 Å². The van der Waals surface area contributed by atoms with Gasteiger partial charge in [0.15, 0.2) is 11.6 Å². The van der Waals surface area contributed by atoms with Crippen molar-refractivity contribution in [2.24, 2.45) is 0 Å². The maximum absolute atomic E-state index is 15.4. The summed E-state index contributed by atoms with van der Waals surface area (Å²) < 4.78 is 0. The minimum absolute atomic E-state index is 0.0973. The Labute approximate surface area is 281 Å². The maximum atomic E-state index is 15.4. The van der Waals surface area contributed by atoms with E-state index in [0.717, 1.165) is 44.5 Å². The number of rotatable bonds is 6. The molecule has 228 valence electrons. The normalized spacial score (nSPS) is 19.3. The number of Topliss-reactive ketones (excluding diaryl/α,β-unsaturated/α-hetero) is 2. The van der Waals surface area contributed by atoms with E-state index in [2.05, 4.69) is 48.5 Å². The van der Waals surface area contributed by atoms with Crippen molar-refractivity contribution in [2.45, 2.75) is 11.8 Å². The summed E-state index contributed by atoms with van der Waals surface area (Å²) in [5.74, 6) is -1.10. The molecule has 2 aliphatic carbocycles. The molecule has 0 N–H and O–H groups in total. The predicted octanol–water partition coefficient (Wildman–Crippen LogP) is 10.2. The number of hydrogen-bond acceptors (Lipinski definition) is 2. The van der Waals surface area contributed by atoms with Crippen molar-refractivity contribution in [1.82, 2.24) is 0 Å². The monoisotopic (exact) mass is 616 g/mol. The number of carbonyl (C=O) groups is 2. The molecule has 0 fully saturated rings. The van der Waals surface area contributed by atoms with Crippen molar-refractivity contribution in [3.63, 3.8) is 0 Å². The zero-order valence-electron chi connectivity index (χ0n) is 26.3. The van der Waals surface area contributed by atoms with Gasteiger partial charge >= 0.3 is 0 Å². The first-order valence-electron chi connectivity index (χ1n) is 16.4. The van der Waals surface area contributed by atoms with Gasteiger partial charge in [0.1, 0.15) is 0 Å². The van der Waals surface area contributed by atoms with Gasteiger partial charge in [-0.1, -0.05) is 182 Å². The van der Waals surface area contributed by atoms with Crippen LogP contribution in [0.1, 0.15) is 45.2 Å². The van der Waals surface area contributed by atoms with Crippen LogP contribution in [0.5, 0.6) is 0 Å². The third-order valence-electron chi connectivity index (χ3n) is 9.49. The molecule has 0 saturated heterocycles. The lowest BCUT2D eigenvalue weighted by Crippen LogP contribution is -2.16. The second-order valence-electron chi connectivity index (χ2n) is 12.2. The summed E-state index contributed by atoms with van der Waals surface area (Å²) in [5.41, 5.74) is 9.83. The van der Waals surface area contributed by atoms with Gasteiger partial charge in [-0.3, -0.25) is 9.59 Å². The van der Waals surface area contributed by atoms with E-state index in [9.17, 15) is 0 Å². The molecule has 0 amide bonds. The van der Waals surface area contributed by atoms with E-state index in [4.69, 9.17) is 0 Å². The van der Waals surface area contributed by atoms with Crippen LogP contribution in [0.4, 0.5) is 0 Å². The average Bonchev–Trinajstić information content (AvgIpc) is 3.64. The van der Waals surface area contributed by atoms with E-state index < -0.39 is 11.8 Å². The van der Waals surface area contributed by atoms with Crippen LogP contribution in [-0.4, -0.2) is 11.6 Å². The number of ketones is 2. The van der Waals surface area contributed by atoms with Crippen LogP contribution < -0.4 is 0 Å². The Morgan fingerprint density at radius 2 is 0.521 bits per heavy atom. The lowest BCUT2D eigenvalue weighted by atomic mass is 9.78. The van der Waals surface area contributed by atoms with Crippen molar-refractivity contribution >= 4 is 33.9 Å². The molecule has 0 bridgehead atoms. The fourth-order valence-corrected chi connectivity index (χ4v) is 7.51. The van der Waals surface area contributed by atoms with Gasteiger partial charge in [-0.2, -0.15) is 0 Å². The second-order valence-corrected chi connectivity index (χ2v) is 12.2. The van der Waals surface area contributed by atoms with Gasteiger partial charge < -0.3 is 0 Å². The SMILES string of the molecule is O=C1C(c2ccccc2)=C(c2ccccc2)[C@@H](c2ccccc2)/C1=C1\C(=O)C(c2ccccc2)=C(c2ccccc2)[C@H]1c1ccccc1. The standard InChI is InChI=1S/C46H32O2/c47-45-41(35-27-15-5-16-28-35)37(31-19-7-1-8-20-31)39(33-23-11-3-12-24-33)43(45)44-40(34-25-13-4-14-26-34)38(32-21-9-2-10-22-32)42(46(44)48)36-29-17-6-18-30-36/h1-30,39-40H/b44-43+/t39-,40-/m1/s1. The van der Waals surface area contributed by atoms with Crippen LogP contribution in [0, 0.1) is 0 Å². The summed E-state index contributed by atoms with van der Waals surface area (Å²) in [5, 5.41) is 0. The molecule has 48 heavy (non-hydrogen) atoms.